The van der Waals surface area contributed by atoms with Crippen LogP contribution in [0.25, 0.3) is 9.88 Å². The molecule has 6 nitrogen and oxygen atoms in total. The first-order valence-electron chi connectivity index (χ1n) is 7.88. The van der Waals surface area contributed by atoms with E-state index in [-0.39, 0.29) is 0 Å². The van der Waals surface area contributed by atoms with E-state index < -0.39 is 0 Å². The molecule has 24 heavy (non-hydrogen) atoms. The van der Waals surface area contributed by atoms with E-state index >= 15 is 0 Å². The van der Waals surface area contributed by atoms with Gasteiger partial charge in [-0.1, -0.05) is 17.4 Å². The Morgan fingerprint density at radius 3 is 2.33 bits per heavy atom. The Morgan fingerprint density at radius 1 is 0.958 bits per heavy atom. The summed E-state index contributed by atoms with van der Waals surface area (Å²) < 4.78 is 0. The Balaban J connectivity index is 1.44. The second kappa shape index (κ2) is 6.45. The highest BCUT2D eigenvalue weighted by molar-refractivity contribution is 7.22. The lowest BCUT2D eigenvalue weighted by molar-refractivity contribution is 0.635. The number of aryl methyl sites for hydroxylation is 2. The monoisotopic (exact) mass is 358 g/mol. The van der Waals surface area contributed by atoms with Gasteiger partial charge in [0, 0.05) is 37.6 Å². The van der Waals surface area contributed by atoms with Crippen molar-refractivity contribution in [3.63, 3.8) is 0 Å². The molecule has 0 unspecified atom stereocenters. The molecule has 4 rings (SSSR count). The molecule has 0 N–H and O–H groups in total. The van der Waals surface area contributed by atoms with Gasteiger partial charge in [0.2, 0.25) is 11.1 Å². The molecule has 0 saturated carbocycles. The van der Waals surface area contributed by atoms with Crippen LogP contribution in [0.4, 0.5) is 11.1 Å². The lowest BCUT2D eigenvalue weighted by Gasteiger charge is -2.34. The highest BCUT2D eigenvalue weighted by Gasteiger charge is 2.22. The highest BCUT2D eigenvalue weighted by Crippen LogP contribution is 2.32. The van der Waals surface area contributed by atoms with Crippen LogP contribution in [-0.2, 0) is 0 Å². The van der Waals surface area contributed by atoms with Gasteiger partial charge < -0.3 is 9.80 Å². The number of aromatic nitrogens is 4. The average Bonchev–Trinajstić information content (AvgIpc) is 3.25. The predicted molar refractivity (Wildman–Crippen MR) is 99.2 cm³/mol. The summed E-state index contributed by atoms with van der Waals surface area (Å²) in [4.78, 5) is 14.9. The smallest absolute Gasteiger partial charge is 0.225 e. The molecule has 0 atom stereocenters. The van der Waals surface area contributed by atoms with E-state index in [4.69, 9.17) is 0 Å². The van der Waals surface area contributed by atoms with E-state index in [1.165, 1.54) is 4.88 Å². The molecule has 0 amide bonds. The quantitative estimate of drug-likeness (QED) is 0.717. The molecule has 1 saturated heterocycles. The zero-order chi connectivity index (χ0) is 16.5. The van der Waals surface area contributed by atoms with Gasteiger partial charge >= 0.3 is 0 Å². The molecule has 0 aromatic carbocycles. The summed E-state index contributed by atoms with van der Waals surface area (Å²) in [6, 6.07) is 6.14. The summed E-state index contributed by atoms with van der Waals surface area (Å²) in [7, 11) is 0. The Bertz CT molecular complexity index is 801. The molecule has 8 heteroatoms. The van der Waals surface area contributed by atoms with Crippen molar-refractivity contribution in [1.29, 1.82) is 0 Å². The van der Waals surface area contributed by atoms with Gasteiger partial charge in [-0.2, -0.15) is 0 Å². The minimum Gasteiger partial charge on any atom is -0.343 e. The maximum absolute atomic E-state index is 4.57. The lowest BCUT2D eigenvalue weighted by atomic mass is 10.3. The SMILES string of the molecule is Cc1cc(C)nc(N2CCN(c3nnc(-c4cccs4)s3)CC2)n1. The zero-order valence-corrected chi connectivity index (χ0v) is 15.3. The Kier molecular flexibility index (Phi) is 4.15. The number of hydrogen-bond acceptors (Lipinski definition) is 8. The van der Waals surface area contributed by atoms with Crippen molar-refractivity contribution in [3.8, 4) is 9.88 Å². The van der Waals surface area contributed by atoms with Crippen LogP contribution in [0.5, 0.6) is 0 Å². The predicted octanol–water partition coefficient (Wildman–Crippen LogP) is 3.00. The molecule has 0 bridgehead atoms. The third-order valence-corrected chi connectivity index (χ3v) is 5.97. The van der Waals surface area contributed by atoms with Crippen molar-refractivity contribution >= 4 is 33.8 Å². The van der Waals surface area contributed by atoms with Gasteiger partial charge in [-0.3, -0.25) is 0 Å². The van der Waals surface area contributed by atoms with E-state index in [2.05, 4.69) is 41.4 Å². The van der Waals surface area contributed by atoms with Crippen LogP contribution in [0.3, 0.4) is 0 Å². The molecule has 3 aromatic heterocycles. The van der Waals surface area contributed by atoms with Crippen molar-refractivity contribution in [2.24, 2.45) is 0 Å². The van der Waals surface area contributed by atoms with Crippen molar-refractivity contribution < 1.29 is 0 Å². The number of thiophene rings is 1. The zero-order valence-electron chi connectivity index (χ0n) is 13.6. The van der Waals surface area contributed by atoms with Gasteiger partial charge in [0.1, 0.15) is 0 Å². The Hall–Kier alpha value is -2.06. The maximum Gasteiger partial charge on any atom is 0.225 e. The second-order valence-corrected chi connectivity index (χ2v) is 7.70. The van der Waals surface area contributed by atoms with Crippen molar-refractivity contribution in [1.82, 2.24) is 20.2 Å². The number of hydrogen-bond donors (Lipinski definition) is 0. The maximum atomic E-state index is 4.57. The minimum absolute atomic E-state index is 0.837. The fourth-order valence-electron chi connectivity index (χ4n) is 2.79. The second-order valence-electron chi connectivity index (χ2n) is 5.79. The first-order chi connectivity index (χ1) is 11.7. The van der Waals surface area contributed by atoms with Gasteiger partial charge in [0.25, 0.3) is 0 Å². The first kappa shape index (κ1) is 15.5. The van der Waals surface area contributed by atoms with E-state index in [1.54, 1.807) is 22.7 Å². The normalized spacial score (nSPS) is 15.1. The van der Waals surface area contributed by atoms with Crippen LogP contribution >= 0.6 is 22.7 Å². The van der Waals surface area contributed by atoms with Crippen molar-refractivity contribution in [2.75, 3.05) is 36.0 Å². The van der Waals surface area contributed by atoms with Crippen LogP contribution < -0.4 is 9.80 Å². The number of rotatable bonds is 3. The molecular formula is C16H18N6S2. The number of nitrogens with zero attached hydrogens (tertiary/aromatic N) is 6. The van der Waals surface area contributed by atoms with E-state index in [0.717, 1.165) is 53.7 Å². The molecule has 0 radical (unpaired) electrons. The largest absolute Gasteiger partial charge is 0.343 e. The van der Waals surface area contributed by atoms with Crippen LogP contribution in [0.2, 0.25) is 0 Å². The molecule has 1 fully saturated rings. The molecule has 0 spiro atoms. The fraction of sp³-hybridized carbons (Fsp3) is 0.375. The van der Waals surface area contributed by atoms with Crippen LogP contribution in [0, 0.1) is 13.8 Å². The molecule has 124 valence electrons. The summed E-state index contributed by atoms with van der Waals surface area (Å²) >= 11 is 3.36. The Morgan fingerprint density at radius 2 is 1.67 bits per heavy atom. The summed E-state index contributed by atoms with van der Waals surface area (Å²) in [6.45, 7) is 7.65. The molecule has 4 heterocycles. The lowest BCUT2D eigenvalue weighted by Crippen LogP contribution is -2.47. The minimum atomic E-state index is 0.837. The highest BCUT2D eigenvalue weighted by atomic mass is 32.1. The summed E-state index contributed by atoms with van der Waals surface area (Å²) in [6.07, 6.45) is 0. The van der Waals surface area contributed by atoms with E-state index in [0.29, 0.717) is 0 Å². The number of anilines is 2. The van der Waals surface area contributed by atoms with Gasteiger partial charge in [-0.05, 0) is 31.4 Å². The molecular weight excluding hydrogens is 340 g/mol. The summed E-state index contributed by atoms with van der Waals surface area (Å²) in [5.74, 6) is 0.837. The first-order valence-corrected chi connectivity index (χ1v) is 9.58. The van der Waals surface area contributed by atoms with E-state index in [1.807, 2.05) is 26.0 Å². The molecule has 1 aliphatic heterocycles. The third kappa shape index (κ3) is 3.11. The molecule has 1 aliphatic rings. The Labute approximate surface area is 148 Å². The van der Waals surface area contributed by atoms with Gasteiger partial charge in [-0.25, -0.2) is 9.97 Å². The number of piperazine rings is 1. The van der Waals surface area contributed by atoms with Gasteiger partial charge in [0.05, 0.1) is 4.88 Å². The van der Waals surface area contributed by atoms with Crippen LogP contribution in [-0.4, -0.2) is 46.3 Å². The van der Waals surface area contributed by atoms with E-state index in [9.17, 15) is 0 Å². The van der Waals surface area contributed by atoms with Gasteiger partial charge in [0.15, 0.2) is 5.01 Å². The standard InChI is InChI=1S/C16H18N6S2/c1-11-10-12(2)18-15(17-11)21-5-7-22(8-6-21)16-20-19-14(24-16)13-4-3-9-23-13/h3-4,9-10H,5-8H2,1-2H3. The summed E-state index contributed by atoms with van der Waals surface area (Å²) in [5.41, 5.74) is 2.04. The van der Waals surface area contributed by atoms with Crippen molar-refractivity contribution in [2.45, 2.75) is 13.8 Å². The molecule has 0 aliphatic carbocycles. The third-order valence-electron chi connectivity index (χ3n) is 3.95. The van der Waals surface area contributed by atoms with Crippen LogP contribution in [0.1, 0.15) is 11.4 Å². The van der Waals surface area contributed by atoms with Gasteiger partial charge in [-0.15, -0.1) is 21.5 Å². The fourth-order valence-corrected chi connectivity index (χ4v) is 4.48. The summed E-state index contributed by atoms with van der Waals surface area (Å²) in [5, 5.41) is 12.8. The van der Waals surface area contributed by atoms with Crippen molar-refractivity contribution in [3.05, 3.63) is 35.0 Å². The van der Waals surface area contributed by atoms with Crippen LogP contribution in [0.15, 0.2) is 23.6 Å². The molecule has 3 aromatic rings. The topological polar surface area (TPSA) is 58.0 Å². The average molecular weight is 358 g/mol.